The fourth-order valence-electron chi connectivity index (χ4n) is 3.81. The zero-order valence-electron chi connectivity index (χ0n) is 16.9. The standard InChI is InChI=1S/C22H30N4O/c1-16(2)19-9-7-8-17(3)21(19)24-22(27)18(4)25-12-14-26(15-13-25)20-10-5-6-11-23-20/h5-11,16,18H,12-15H2,1-4H3,(H,24,27)/p+2/t18-/m0/s1. The van der Waals surface area contributed by atoms with Gasteiger partial charge in [0.2, 0.25) is 0 Å². The molecule has 1 saturated heterocycles. The van der Waals surface area contributed by atoms with Crippen LogP contribution in [-0.2, 0) is 4.79 Å². The normalized spacial score (nSPS) is 16.4. The second kappa shape index (κ2) is 8.53. The Kier molecular flexibility index (Phi) is 6.11. The number of piperazine rings is 1. The van der Waals surface area contributed by atoms with Gasteiger partial charge < -0.3 is 10.2 Å². The van der Waals surface area contributed by atoms with Crippen LogP contribution in [0.2, 0.25) is 0 Å². The average molecular weight is 369 g/mol. The number of rotatable bonds is 5. The van der Waals surface area contributed by atoms with Crippen molar-refractivity contribution < 1.29 is 14.7 Å². The van der Waals surface area contributed by atoms with Crippen LogP contribution in [0.25, 0.3) is 0 Å². The number of amides is 1. The van der Waals surface area contributed by atoms with Gasteiger partial charge in [-0.15, -0.1) is 0 Å². The molecule has 5 heteroatoms. The number of pyridine rings is 1. The van der Waals surface area contributed by atoms with E-state index in [9.17, 15) is 4.79 Å². The number of quaternary nitrogens is 1. The third-order valence-corrected chi connectivity index (χ3v) is 5.62. The summed E-state index contributed by atoms with van der Waals surface area (Å²) in [4.78, 5) is 19.9. The zero-order chi connectivity index (χ0) is 19.4. The summed E-state index contributed by atoms with van der Waals surface area (Å²) in [7, 11) is 0. The van der Waals surface area contributed by atoms with Gasteiger partial charge in [-0.3, -0.25) is 9.69 Å². The first kappa shape index (κ1) is 19.4. The van der Waals surface area contributed by atoms with Gasteiger partial charge in [0.25, 0.3) is 11.7 Å². The van der Waals surface area contributed by atoms with Crippen molar-refractivity contribution in [2.45, 2.75) is 39.7 Å². The molecule has 1 atom stereocenters. The maximum absolute atomic E-state index is 12.9. The van der Waals surface area contributed by atoms with Crippen molar-refractivity contribution in [3.8, 4) is 0 Å². The highest BCUT2D eigenvalue weighted by atomic mass is 16.2. The lowest BCUT2D eigenvalue weighted by atomic mass is 9.98. The van der Waals surface area contributed by atoms with Crippen LogP contribution in [0.15, 0.2) is 42.6 Å². The van der Waals surface area contributed by atoms with Gasteiger partial charge in [-0.05, 0) is 37.0 Å². The number of hydrogen-bond acceptors (Lipinski definition) is 2. The number of nitrogens with zero attached hydrogens (tertiary/aromatic N) is 1. The van der Waals surface area contributed by atoms with Crippen molar-refractivity contribution >= 4 is 17.4 Å². The molecule has 1 amide bonds. The second-order valence-electron chi connectivity index (χ2n) is 7.80. The molecule has 1 aliphatic rings. The van der Waals surface area contributed by atoms with Crippen molar-refractivity contribution in [2.24, 2.45) is 0 Å². The van der Waals surface area contributed by atoms with Crippen molar-refractivity contribution in [1.29, 1.82) is 0 Å². The molecule has 0 aliphatic carbocycles. The molecule has 5 nitrogen and oxygen atoms in total. The van der Waals surface area contributed by atoms with Crippen molar-refractivity contribution in [2.75, 3.05) is 36.4 Å². The molecule has 0 unspecified atom stereocenters. The van der Waals surface area contributed by atoms with Crippen LogP contribution < -0.4 is 20.1 Å². The zero-order valence-corrected chi connectivity index (χ0v) is 16.9. The third-order valence-electron chi connectivity index (χ3n) is 5.62. The molecule has 0 radical (unpaired) electrons. The number of hydrogen-bond donors (Lipinski definition) is 2. The molecule has 2 heterocycles. The summed E-state index contributed by atoms with van der Waals surface area (Å²) in [6.45, 7) is 12.3. The van der Waals surface area contributed by atoms with Crippen LogP contribution >= 0.6 is 0 Å². The van der Waals surface area contributed by atoms with E-state index in [1.807, 2.05) is 19.2 Å². The number of carbonyl (C=O) groups excluding carboxylic acids is 1. The Balaban J connectivity index is 1.62. The van der Waals surface area contributed by atoms with Gasteiger partial charge in [-0.25, -0.2) is 4.98 Å². The van der Waals surface area contributed by atoms with Gasteiger partial charge in [0.15, 0.2) is 6.04 Å². The van der Waals surface area contributed by atoms with Crippen molar-refractivity contribution in [1.82, 2.24) is 0 Å². The van der Waals surface area contributed by atoms with E-state index in [1.54, 1.807) is 0 Å². The van der Waals surface area contributed by atoms with Gasteiger partial charge in [-0.2, -0.15) is 0 Å². The first-order chi connectivity index (χ1) is 13.0. The lowest BCUT2D eigenvalue weighted by Crippen LogP contribution is -3.19. The Hall–Kier alpha value is -2.40. The Labute approximate surface area is 162 Å². The number of aryl methyl sites for hydroxylation is 1. The van der Waals surface area contributed by atoms with Crippen molar-refractivity contribution in [3.05, 3.63) is 53.7 Å². The van der Waals surface area contributed by atoms with Crippen LogP contribution in [0.1, 0.15) is 37.8 Å². The molecule has 27 heavy (non-hydrogen) atoms. The molecule has 2 aromatic rings. The number of aromatic nitrogens is 1. The molecular formula is C22H32N4O+2. The van der Waals surface area contributed by atoms with E-state index in [4.69, 9.17) is 0 Å². The summed E-state index contributed by atoms with van der Waals surface area (Å²) >= 11 is 0. The first-order valence-corrected chi connectivity index (χ1v) is 9.94. The SMILES string of the molecule is Cc1cccc(C(C)C)c1NC(=O)[C@H](C)[NH+]1CCN(c2cccc[nH+]2)CC1. The van der Waals surface area contributed by atoms with Crippen LogP contribution in [0.4, 0.5) is 11.5 Å². The Bertz CT molecular complexity index is 767. The van der Waals surface area contributed by atoms with E-state index >= 15 is 0 Å². The smallest absolute Gasteiger partial charge is 0.282 e. The fourth-order valence-corrected chi connectivity index (χ4v) is 3.81. The lowest BCUT2D eigenvalue weighted by molar-refractivity contribution is -0.914. The highest BCUT2D eigenvalue weighted by molar-refractivity contribution is 5.95. The highest BCUT2D eigenvalue weighted by Crippen LogP contribution is 2.27. The van der Waals surface area contributed by atoms with Crippen molar-refractivity contribution in [3.63, 3.8) is 0 Å². The van der Waals surface area contributed by atoms with E-state index in [1.165, 1.54) is 10.5 Å². The number of benzene rings is 1. The number of anilines is 2. The molecule has 1 aromatic carbocycles. The van der Waals surface area contributed by atoms with Crippen LogP contribution in [-0.4, -0.2) is 38.1 Å². The summed E-state index contributed by atoms with van der Waals surface area (Å²) in [6.07, 6.45) is 1.96. The van der Waals surface area contributed by atoms with Crippen LogP contribution in [0.5, 0.6) is 0 Å². The van der Waals surface area contributed by atoms with E-state index in [2.05, 4.69) is 66.3 Å². The second-order valence-corrected chi connectivity index (χ2v) is 7.80. The molecule has 1 aliphatic heterocycles. The van der Waals surface area contributed by atoms with E-state index in [0.717, 1.165) is 43.2 Å². The molecule has 0 spiro atoms. The average Bonchev–Trinajstić information content (AvgIpc) is 2.69. The third kappa shape index (κ3) is 4.48. The topological polar surface area (TPSA) is 50.9 Å². The summed E-state index contributed by atoms with van der Waals surface area (Å²) in [5, 5.41) is 3.22. The molecule has 3 rings (SSSR count). The Morgan fingerprint density at radius 1 is 1.11 bits per heavy atom. The molecule has 3 N–H and O–H groups in total. The maximum atomic E-state index is 12.9. The monoisotopic (exact) mass is 368 g/mol. The minimum Gasteiger partial charge on any atom is -0.320 e. The minimum absolute atomic E-state index is 0.0634. The molecular weight excluding hydrogens is 336 g/mol. The van der Waals surface area contributed by atoms with Crippen LogP contribution in [0.3, 0.4) is 0 Å². The first-order valence-electron chi connectivity index (χ1n) is 9.94. The molecule has 144 valence electrons. The number of para-hydroxylation sites is 1. The molecule has 1 aromatic heterocycles. The van der Waals surface area contributed by atoms with Crippen LogP contribution in [0, 0.1) is 6.92 Å². The number of carbonyl (C=O) groups is 1. The largest absolute Gasteiger partial charge is 0.320 e. The predicted octanol–water partition coefficient (Wildman–Crippen LogP) is 1.66. The lowest BCUT2D eigenvalue weighted by Gasteiger charge is -2.31. The quantitative estimate of drug-likeness (QED) is 0.843. The maximum Gasteiger partial charge on any atom is 0.282 e. The number of nitrogens with one attached hydrogen (secondary N) is 3. The molecule has 0 bridgehead atoms. The van der Waals surface area contributed by atoms with Gasteiger partial charge in [-0.1, -0.05) is 38.1 Å². The van der Waals surface area contributed by atoms with Gasteiger partial charge in [0.1, 0.15) is 26.2 Å². The molecule has 1 fully saturated rings. The van der Waals surface area contributed by atoms with Gasteiger partial charge >= 0.3 is 0 Å². The Morgan fingerprint density at radius 2 is 1.85 bits per heavy atom. The Morgan fingerprint density at radius 3 is 2.48 bits per heavy atom. The fraction of sp³-hybridized carbons (Fsp3) is 0.455. The molecule has 0 saturated carbocycles. The van der Waals surface area contributed by atoms with E-state index in [-0.39, 0.29) is 11.9 Å². The number of aromatic amines is 1. The summed E-state index contributed by atoms with van der Waals surface area (Å²) in [5.74, 6) is 1.64. The van der Waals surface area contributed by atoms with Gasteiger partial charge in [0, 0.05) is 11.8 Å². The number of H-pyrrole nitrogens is 1. The highest BCUT2D eigenvalue weighted by Gasteiger charge is 2.32. The minimum atomic E-state index is -0.0634. The van der Waals surface area contributed by atoms with E-state index in [0.29, 0.717) is 5.92 Å². The van der Waals surface area contributed by atoms with E-state index < -0.39 is 0 Å². The predicted molar refractivity (Wildman–Crippen MR) is 109 cm³/mol. The van der Waals surface area contributed by atoms with Gasteiger partial charge in [0.05, 0.1) is 6.20 Å². The summed E-state index contributed by atoms with van der Waals surface area (Å²) in [6, 6.07) is 12.3. The summed E-state index contributed by atoms with van der Waals surface area (Å²) < 4.78 is 0. The summed E-state index contributed by atoms with van der Waals surface area (Å²) in [5.41, 5.74) is 3.32.